The zero-order valence-corrected chi connectivity index (χ0v) is 5.76. The maximum absolute atomic E-state index is 10.6. The Morgan fingerprint density at radius 1 is 1.45 bits per heavy atom. The van der Waals surface area contributed by atoms with Crippen molar-refractivity contribution in [3.05, 3.63) is 0 Å². The highest BCUT2D eigenvalue weighted by Crippen LogP contribution is 1.94. The van der Waals surface area contributed by atoms with Gasteiger partial charge in [-0.15, -0.1) is 0 Å². The van der Waals surface area contributed by atoms with E-state index in [2.05, 4.69) is 4.74 Å². The van der Waals surface area contributed by atoms with Gasteiger partial charge in [0.05, 0.1) is 12.5 Å². The van der Waals surface area contributed by atoms with E-state index in [4.69, 9.17) is 5.11 Å². The highest BCUT2D eigenvalue weighted by atomic mass is 16.5. The van der Waals surface area contributed by atoms with Gasteiger partial charge in [-0.05, 0) is 0 Å². The van der Waals surface area contributed by atoms with Gasteiger partial charge in [0, 0.05) is 0 Å². The van der Waals surface area contributed by atoms with Crippen molar-refractivity contribution in [3.63, 3.8) is 0 Å². The Kier molecular flexibility index (Phi) is 14.4. The molecule has 3 nitrogen and oxygen atoms in total. The van der Waals surface area contributed by atoms with Gasteiger partial charge in [0.1, 0.15) is 6.61 Å². The van der Waals surface area contributed by atoms with E-state index < -0.39 is 0 Å². The Morgan fingerprint density at radius 3 is 2.18 bits per heavy atom. The molecule has 0 spiro atoms. The monoisotopic (exact) mass is 164 g/mol. The largest absolute Gasteiger partial charge is 0.463 e. The summed E-state index contributed by atoms with van der Waals surface area (Å²) in [7, 11) is 0. The molecule has 0 aliphatic heterocycles. The van der Waals surface area contributed by atoms with Crippen LogP contribution >= 0.6 is 0 Å². The fraction of sp³-hybridized carbons (Fsp3) is 0.875. The van der Waals surface area contributed by atoms with Gasteiger partial charge in [-0.25, -0.2) is 0 Å². The van der Waals surface area contributed by atoms with Crippen molar-refractivity contribution in [2.45, 2.75) is 28.7 Å². The van der Waals surface area contributed by atoms with Gasteiger partial charge in [0.2, 0.25) is 0 Å². The summed E-state index contributed by atoms with van der Waals surface area (Å²) in [5, 5.41) is 8.22. The molecule has 3 heteroatoms. The second-order valence-electron chi connectivity index (χ2n) is 2.05. The van der Waals surface area contributed by atoms with Crippen LogP contribution in [0, 0.1) is 5.92 Å². The summed E-state index contributed by atoms with van der Waals surface area (Å²) >= 11 is 0. The number of hydrogen-bond donors (Lipinski definition) is 1. The molecule has 0 amide bonds. The molecule has 0 saturated carbocycles. The first-order chi connectivity index (χ1) is 4.18. The topological polar surface area (TPSA) is 46.5 Å². The minimum atomic E-state index is -0.260. The lowest BCUT2D eigenvalue weighted by atomic mass is 10.2. The Hall–Kier alpha value is -0.570. The van der Waals surface area contributed by atoms with E-state index in [0.717, 1.165) is 0 Å². The van der Waals surface area contributed by atoms with Crippen LogP contribution < -0.4 is 0 Å². The van der Waals surface area contributed by atoms with Crippen molar-refractivity contribution in [3.8, 4) is 0 Å². The van der Waals surface area contributed by atoms with Gasteiger partial charge in [-0.1, -0.05) is 28.7 Å². The van der Waals surface area contributed by atoms with Crippen LogP contribution in [0.1, 0.15) is 28.7 Å². The molecule has 0 aromatic rings. The molecule has 1 N–H and O–H groups in total. The maximum Gasteiger partial charge on any atom is 0.308 e. The lowest BCUT2D eigenvalue weighted by Gasteiger charge is -2.03. The molecule has 0 rings (SSSR count). The van der Waals surface area contributed by atoms with Gasteiger partial charge >= 0.3 is 5.97 Å². The molecule has 11 heavy (non-hydrogen) atoms. The lowest BCUT2D eigenvalue weighted by molar-refractivity contribution is -0.148. The van der Waals surface area contributed by atoms with E-state index in [1.165, 1.54) is 0 Å². The third-order valence-corrected chi connectivity index (χ3v) is 0.807. The minimum absolute atomic E-state index is 0. The van der Waals surface area contributed by atoms with E-state index in [9.17, 15) is 4.79 Å². The maximum atomic E-state index is 10.6. The second kappa shape index (κ2) is 9.43. The summed E-state index contributed by atoms with van der Waals surface area (Å²) in [6.45, 7) is 3.51. The molecular weight excluding hydrogens is 144 g/mol. The first-order valence-corrected chi connectivity index (χ1v) is 2.96. The summed E-state index contributed by atoms with van der Waals surface area (Å²) in [5.41, 5.74) is 0. The molecule has 0 aliphatic rings. The van der Waals surface area contributed by atoms with Crippen LogP contribution in [0.2, 0.25) is 0 Å². The van der Waals surface area contributed by atoms with Gasteiger partial charge in [0.25, 0.3) is 0 Å². The summed E-state index contributed by atoms with van der Waals surface area (Å²) in [4.78, 5) is 10.6. The average Bonchev–Trinajstić information content (AvgIpc) is 1.82. The van der Waals surface area contributed by atoms with Crippen LogP contribution in [0.4, 0.5) is 0 Å². The van der Waals surface area contributed by atoms with E-state index >= 15 is 0 Å². The molecule has 70 valence electrons. The van der Waals surface area contributed by atoms with E-state index in [-0.39, 0.29) is 40.0 Å². The summed E-state index contributed by atoms with van der Waals surface area (Å²) in [6, 6.07) is 0. The molecular formula is C8H20O3. The molecule has 0 bridgehead atoms. The van der Waals surface area contributed by atoms with Crippen LogP contribution in [0.5, 0.6) is 0 Å². The molecule has 0 atom stereocenters. The highest BCUT2D eigenvalue weighted by molar-refractivity contribution is 5.71. The van der Waals surface area contributed by atoms with Crippen molar-refractivity contribution >= 4 is 5.97 Å². The number of aliphatic hydroxyl groups excluding tert-OH is 1. The molecule has 0 saturated heterocycles. The third kappa shape index (κ3) is 9.43. The van der Waals surface area contributed by atoms with Gasteiger partial charge in [0.15, 0.2) is 0 Å². The third-order valence-electron chi connectivity index (χ3n) is 0.807. The first kappa shape index (κ1) is 16.8. The zero-order chi connectivity index (χ0) is 7.28. The van der Waals surface area contributed by atoms with Crippen molar-refractivity contribution in [1.29, 1.82) is 0 Å². The predicted octanol–water partition coefficient (Wildman–Crippen LogP) is 1.45. The lowest BCUT2D eigenvalue weighted by Crippen LogP contribution is -2.13. The Morgan fingerprint density at radius 2 is 1.91 bits per heavy atom. The quantitative estimate of drug-likeness (QED) is 0.642. The van der Waals surface area contributed by atoms with E-state index in [1.54, 1.807) is 13.8 Å². The Labute approximate surface area is 69.4 Å². The molecule has 0 aliphatic carbocycles. The summed E-state index contributed by atoms with van der Waals surface area (Å²) in [6.07, 6.45) is 0. The molecule has 0 aromatic carbocycles. The van der Waals surface area contributed by atoms with Crippen molar-refractivity contribution in [2.24, 2.45) is 5.92 Å². The highest BCUT2D eigenvalue weighted by Gasteiger charge is 2.06. The predicted molar refractivity (Wildman–Crippen MR) is 46.3 cm³/mol. The summed E-state index contributed by atoms with van der Waals surface area (Å²) in [5.74, 6) is -0.361. The fourth-order valence-electron chi connectivity index (χ4n) is 0.313. The van der Waals surface area contributed by atoms with Crippen LogP contribution in [-0.4, -0.2) is 24.3 Å². The second-order valence-corrected chi connectivity index (χ2v) is 2.05. The van der Waals surface area contributed by atoms with Crippen LogP contribution in [0.25, 0.3) is 0 Å². The van der Waals surface area contributed by atoms with E-state index in [0.29, 0.717) is 0 Å². The van der Waals surface area contributed by atoms with Gasteiger partial charge < -0.3 is 9.84 Å². The average molecular weight is 164 g/mol. The normalized spacial score (nSPS) is 8.00. The number of hydrogen-bond acceptors (Lipinski definition) is 3. The smallest absolute Gasteiger partial charge is 0.308 e. The van der Waals surface area contributed by atoms with Crippen molar-refractivity contribution < 1.29 is 14.6 Å². The van der Waals surface area contributed by atoms with Gasteiger partial charge in [-0.2, -0.15) is 0 Å². The molecule has 0 unspecified atom stereocenters. The summed E-state index contributed by atoms with van der Waals surface area (Å²) < 4.78 is 4.56. The number of rotatable bonds is 3. The molecule has 0 aromatic heterocycles. The minimum Gasteiger partial charge on any atom is -0.463 e. The molecule has 0 radical (unpaired) electrons. The Bertz CT molecular complexity index is 89.3. The SMILES string of the molecule is C.C.CC(C)C(=O)OCCO. The Balaban J connectivity index is -0.000000320. The zero-order valence-electron chi connectivity index (χ0n) is 5.76. The van der Waals surface area contributed by atoms with Crippen molar-refractivity contribution in [1.82, 2.24) is 0 Å². The number of aliphatic hydroxyl groups is 1. The number of ether oxygens (including phenoxy) is 1. The van der Waals surface area contributed by atoms with Crippen LogP contribution in [0.3, 0.4) is 0 Å². The number of esters is 1. The first-order valence-electron chi connectivity index (χ1n) is 2.96. The molecule has 0 heterocycles. The van der Waals surface area contributed by atoms with Gasteiger partial charge in [-0.3, -0.25) is 4.79 Å². The standard InChI is InChI=1S/C6H12O3.2CH4/c1-5(2)6(8)9-4-3-7;;/h5,7H,3-4H2,1-2H3;2*1H4. The molecule has 0 fully saturated rings. The van der Waals surface area contributed by atoms with Crippen LogP contribution in [-0.2, 0) is 9.53 Å². The van der Waals surface area contributed by atoms with E-state index in [1.807, 2.05) is 0 Å². The van der Waals surface area contributed by atoms with Crippen LogP contribution in [0.15, 0.2) is 0 Å². The number of carbonyl (C=O) groups excluding carboxylic acids is 1. The fourth-order valence-corrected chi connectivity index (χ4v) is 0.313. The van der Waals surface area contributed by atoms with Crippen molar-refractivity contribution in [2.75, 3.05) is 13.2 Å². The number of carbonyl (C=O) groups is 1.